The van der Waals surface area contributed by atoms with Crippen LogP contribution in [0.3, 0.4) is 0 Å². The fourth-order valence-electron chi connectivity index (χ4n) is 2.32. The van der Waals surface area contributed by atoms with Gasteiger partial charge in [-0.3, -0.25) is 4.79 Å². The molecule has 1 atom stereocenters. The van der Waals surface area contributed by atoms with Crippen LogP contribution in [0.25, 0.3) is 5.69 Å². The predicted octanol–water partition coefficient (Wildman–Crippen LogP) is 1.75. The van der Waals surface area contributed by atoms with Crippen LogP contribution < -0.4 is 5.32 Å². The molecule has 0 aliphatic carbocycles. The van der Waals surface area contributed by atoms with Crippen molar-refractivity contribution in [3.8, 4) is 5.69 Å². The molecule has 0 bridgehead atoms. The van der Waals surface area contributed by atoms with Crippen LogP contribution in [0.15, 0.2) is 30.6 Å². The van der Waals surface area contributed by atoms with Gasteiger partial charge in [0.25, 0.3) is 5.91 Å². The van der Waals surface area contributed by atoms with Gasteiger partial charge in [0.1, 0.15) is 11.5 Å². The van der Waals surface area contributed by atoms with Crippen LogP contribution in [0.2, 0.25) is 0 Å². The Morgan fingerprint density at radius 3 is 3.00 bits per heavy atom. The Morgan fingerprint density at radius 2 is 2.30 bits per heavy atom. The average Bonchev–Trinajstić information content (AvgIpc) is 3.15. The first-order chi connectivity index (χ1) is 11.0. The van der Waals surface area contributed by atoms with Crippen molar-refractivity contribution in [2.24, 2.45) is 0 Å². The number of halogens is 2. The highest BCUT2D eigenvalue weighted by Crippen LogP contribution is 2.27. The van der Waals surface area contributed by atoms with Crippen LogP contribution in [0.4, 0.5) is 8.78 Å². The summed E-state index contributed by atoms with van der Waals surface area (Å²) in [6.45, 7) is 0.162. The van der Waals surface area contributed by atoms with Gasteiger partial charge in [-0.05, 0) is 24.3 Å². The van der Waals surface area contributed by atoms with Gasteiger partial charge < -0.3 is 10.4 Å². The maximum absolute atomic E-state index is 13.7. The highest BCUT2D eigenvalue weighted by Gasteiger charge is 2.32. The average molecular weight is 339 g/mol. The second-order valence-corrected chi connectivity index (χ2v) is 6.58. The lowest BCUT2D eigenvalue weighted by atomic mass is 10.0. The van der Waals surface area contributed by atoms with E-state index >= 15 is 0 Å². The summed E-state index contributed by atoms with van der Waals surface area (Å²) in [5, 5.41) is 16.8. The number of benzene rings is 1. The van der Waals surface area contributed by atoms with Crippen molar-refractivity contribution < 1.29 is 18.7 Å². The fraction of sp³-hybridized carbons (Fsp3) is 0.333. The maximum Gasteiger partial charge on any atom is 0.254 e. The summed E-state index contributed by atoms with van der Waals surface area (Å²) < 4.78 is 27.8. The summed E-state index contributed by atoms with van der Waals surface area (Å²) in [5.74, 6) is -0.387. The van der Waals surface area contributed by atoms with Gasteiger partial charge in [-0.15, -0.1) is 0 Å². The summed E-state index contributed by atoms with van der Waals surface area (Å²) >= 11 is 1.64. The summed E-state index contributed by atoms with van der Waals surface area (Å²) in [4.78, 5) is 12.1. The van der Waals surface area contributed by atoms with Crippen molar-refractivity contribution in [1.82, 2.24) is 15.1 Å². The first-order valence-electron chi connectivity index (χ1n) is 7.05. The number of hydrogen-bond acceptors (Lipinski definition) is 4. The highest BCUT2D eigenvalue weighted by atomic mass is 32.2. The number of rotatable bonds is 4. The van der Waals surface area contributed by atoms with Crippen LogP contribution in [0.5, 0.6) is 0 Å². The van der Waals surface area contributed by atoms with E-state index in [1.165, 1.54) is 23.1 Å². The smallest absolute Gasteiger partial charge is 0.254 e. The van der Waals surface area contributed by atoms with Gasteiger partial charge in [0.15, 0.2) is 5.82 Å². The van der Waals surface area contributed by atoms with Crippen LogP contribution in [-0.2, 0) is 0 Å². The van der Waals surface area contributed by atoms with Gasteiger partial charge in [0, 0.05) is 24.6 Å². The highest BCUT2D eigenvalue weighted by molar-refractivity contribution is 7.99. The number of amides is 1. The molecule has 5 nitrogen and oxygen atoms in total. The minimum absolute atomic E-state index is 0.0521. The normalized spacial score (nSPS) is 20.7. The van der Waals surface area contributed by atoms with Gasteiger partial charge in [-0.2, -0.15) is 16.9 Å². The molecule has 1 aliphatic rings. The van der Waals surface area contributed by atoms with Crippen molar-refractivity contribution in [2.45, 2.75) is 12.0 Å². The van der Waals surface area contributed by atoms with Crippen molar-refractivity contribution in [3.05, 3.63) is 47.8 Å². The molecule has 2 heterocycles. The molecule has 0 radical (unpaired) electrons. The number of carbonyl (C=O) groups excluding carboxylic acids is 1. The molecule has 2 N–H and O–H groups in total. The van der Waals surface area contributed by atoms with Crippen LogP contribution >= 0.6 is 11.8 Å². The van der Waals surface area contributed by atoms with Gasteiger partial charge in [0.05, 0.1) is 17.4 Å². The lowest BCUT2D eigenvalue weighted by molar-refractivity contribution is 0.0612. The number of carbonyl (C=O) groups is 1. The Hall–Kier alpha value is -1.93. The standard InChI is InChI=1S/C15H15F2N3O2S/c16-11-1-2-13(12(17)5-11)20-7-10(6-19-20)14(21)18-8-15(22)3-4-23-9-15/h1-2,5-7,22H,3-4,8-9H2,(H,18,21). The van der Waals surface area contributed by atoms with E-state index in [-0.39, 0.29) is 17.8 Å². The van der Waals surface area contributed by atoms with Gasteiger partial charge in [-0.25, -0.2) is 13.5 Å². The fourth-order valence-corrected chi connectivity index (χ4v) is 3.62. The zero-order valence-corrected chi connectivity index (χ0v) is 12.9. The molecule has 122 valence electrons. The molecule has 1 saturated heterocycles. The molecule has 2 aromatic rings. The lowest BCUT2D eigenvalue weighted by Gasteiger charge is -2.21. The third kappa shape index (κ3) is 3.53. The van der Waals surface area contributed by atoms with E-state index < -0.39 is 23.1 Å². The third-order valence-electron chi connectivity index (χ3n) is 3.66. The maximum atomic E-state index is 13.7. The summed E-state index contributed by atoms with van der Waals surface area (Å²) in [5.41, 5.74) is -0.585. The topological polar surface area (TPSA) is 67.2 Å². The molecule has 1 aliphatic heterocycles. The van der Waals surface area contributed by atoms with E-state index in [0.29, 0.717) is 12.2 Å². The van der Waals surface area contributed by atoms with Gasteiger partial charge >= 0.3 is 0 Å². The van der Waals surface area contributed by atoms with E-state index in [1.807, 2.05) is 0 Å². The lowest BCUT2D eigenvalue weighted by Crippen LogP contribution is -2.42. The van der Waals surface area contributed by atoms with E-state index in [0.717, 1.165) is 17.9 Å². The largest absolute Gasteiger partial charge is 0.387 e. The number of nitrogens with one attached hydrogen (secondary N) is 1. The third-order valence-corrected chi connectivity index (χ3v) is 4.90. The Kier molecular flexibility index (Phi) is 4.36. The van der Waals surface area contributed by atoms with E-state index in [1.54, 1.807) is 11.8 Å². The number of aromatic nitrogens is 2. The number of hydrogen-bond donors (Lipinski definition) is 2. The minimum atomic E-state index is -0.876. The molecule has 3 rings (SSSR count). The second kappa shape index (κ2) is 6.29. The molecule has 1 aromatic heterocycles. The molecule has 0 saturated carbocycles. The van der Waals surface area contributed by atoms with Gasteiger partial charge in [0.2, 0.25) is 0 Å². The van der Waals surface area contributed by atoms with Crippen molar-refractivity contribution >= 4 is 17.7 Å². The Labute approximate surface area is 135 Å². The van der Waals surface area contributed by atoms with E-state index in [9.17, 15) is 18.7 Å². The molecule has 1 amide bonds. The van der Waals surface area contributed by atoms with Crippen LogP contribution in [0, 0.1) is 11.6 Å². The Bertz CT molecular complexity index is 729. The molecular formula is C15H15F2N3O2S. The van der Waals surface area contributed by atoms with Crippen molar-refractivity contribution in [2.75, 3.05) is 18.1 Å². The van der Waals surface area contributed by atoms with E-state index in [4.69, 9.17) is 0 Å². The molecular weight excluding hydrogens is 324 g/mol. The first-order valence-corrected chi connectivity index (χ1v) is 8.21. The van der Waals surface area contributed by atoms with Crippen LogP contribution in [-0.4, -0.2) is 44.4 Å². The minimum Gasteiger partial charge on any atom is -0.387 e. The molecule has 1 aromatic carbocycles. The molecule has 23 heavy (non-hydrogen) atoms. The SMILES string of the molecule is O=C(NCC1(O)CCSC1)c1cnn(-c2ccc(F)cc2F)c1. The summed E-state index contributed by atoms with van der Waals surface area (Å²) in [6.07, 6.45) is 3.29. The number of nitrogens with zero attached hydrogens (tertiary/aromatic N) is 2. The molecule has 0 spiro atoms. The van der Waals surface area contributed by atoms with Crippen molar-refractivity contribution in [3.63, 3.8) is 0 Å². The summed E-state index contributed by atoms with van der Waals surface area (Å²) in [7, 11) is 0. The Morgan fingerprint density at radius 1 is 1.48 bits per heavy atom. The zero-order valence-electron chi connectivity index (χ0n) is 12.1. The van der Waals surface area contributed by atoms with Crippen molar-refractivity contribution in [1.29, 1.82) is 0 Å². The first kappa shape index (κ1) is 15.9. The quantitative estimate of drug-likeness (QED) is 0.891. The molecule has 8 heteroatoms. The second-order valence-electron chi connectivity index (χ2n) is 5.48. The zero-order chi connectivity index (χ0) is 16.4. The molecule has 1 fully saturated rings. The summed E-state index contributed by atoms with van der Waals surface area (Å²) in [6, 6.07) is 3.12. The van der Waals surface area contributed by atoms with Crippen LogP contribution in [0.1, 0.15) is 16.8 Å². The van der Waals surface area contributed by atoms with E-state index in [2.05, 4.69) is 10.4 Å². The molecule has 1 unspecified atom stereocenters. The number of thioether (sulfide) groups is 1. The predicted molar refractivity (Wildman–Crippen MR) is 82.7 cm³/mol. The van der Waals surface area contributed by atoms with Gasteiger partial charge in [-0.1, -0.05) is 0 Å². The Balaban J connectivity index is 1.70. The monoisotopic (exact) mass is 339 g/mol. The number of aliphatic hydroxyl groups is 1.